The van der Waals surface area contributed by atoms with Crippen molar-refractivity contribution in [2.45, 2.75) is 19.1 Å². The summed E-state index contributed by atoms with van der Waals surface area (Å²) in [6.07, 6.45) is 1.08. The van der Waals surface area contributed by atoms with Crippen molar-refractivity contribution in [2.75, 3.05) is 16.8 Å². The molecule has 20 heavy (non-hydrogen) atoms. The summed E-state index contributed by atoms with van der Waals surface area (Å²) >= 11 is 3.55. The highest BCUT2D eigenvalue weighted by atomic mass is 32.2. The number of benzene rings is 1. The molecule has 1 aromatic carbocycles. The SMILES string of the molecule is Cc1cc(N)ccc1NC(=O)c1cc2c(s1)CCSC2. The van der Waals surface area contributed by atoms with Crippen molar-refractivity contribution in [3.63, 3.8) is 0 Å². The van der Waals surface area contributed by atoms with Gasteiger partial charge in [-0.1, -0.05) is 0 Å². The smallest absolute Gasteiger partial charge is 0.265 e. The number of nitrogen functional groups attached to an aromatic ring is 1. The number of thioether (sulfide) groups is 1. The molecule has 104 valence electrons. The van der Waals surface area contributed by atoms with E-state index >= 15 is 0 Å². The van der Waals surface area contributed by atoms with E-state index in [0.717, 1.165) is 34.1 Å². The summed E-state index contributed by atoms with van der Waals surface area (Å²) in [4.78, 5) is 14.5. The molecule has 3 nitrogen and oxygen atoms in total. The van der Waals surface area contributed by atoms with Crippen LogP contribution in [0.4, 0.5) is 11.4 Å². The third kappa shape index (κ3) is 2.69. The van der Waals surface area contributed by atoms with Crippen LogP contribution in [0.15, 0.2) is 24.3 Å². The summed E-state index contributed by atoms with van der Waals surface area (Å²) in [5.41, 5.74) is 9.56. The fourth-order valence-electron chi connectivity index (χ4n) is 2.27. The maximum Gasteiger partial charge on any atom is 0.265 e. The van der Waals surface area contributed by atoms with Crippen LogP contribution in [0.25, 0.3) is 0 Å². The summed E-state index contributed by atoms with van der Waals surface area (Å²) in [6, 6.07) is 7.56. The first-order chi connectivity index (χ1) is 9.63. The zero-order valence-electron chi connectivity index (χ0n) is 11.2. The quantitative estimate of drug-likeness (QED) is 0.832. The van der Waals surface area contributed by atoms with E-state index in [4.69, 9.17) is 5.73 Å². The maximum absolute atomic E-state index is 12.3. The molecule has 0 radical (unpaired) electrons. The van der Waals surface area contributed by atoms with Crippen LogP contribution in [0.3, 0.4) is 0 Å². The molecule has 3 rings (SSSR count). The van der Waals surface area contributed by atoms with Gasteiger partial charge in [0.1, 0.15) is 0 Å². The fourth-order valence-corrected chi connectivity index (χ4v) is 4.54. The van der Waals surface area contributed by atoms with Gasteiger partial charge in [-0.05, 0) is 54.5 Å². The highest BCUT2D eigenvalue weighted by Crippen LogP contribution is 2.32. The Balaban J connectivity index is 1.80. The molecule has 5 heteroatoms. The zero-order chi connectivity index (χ0) is 14.1. The predicted octanol–water partition coefficient (Wildman–Crippen LogP) is 3.68. The van der Waals surface area contributed by atoms with Crippen LogP contribution in [-0.2, 0) is 12.2 Å². The second kappa shape index (κ2) is 5.50. The molecule has 0 atom stereocenters. The number of anilines is 2. The Morgan fingerprint density at radius 2 is 2.20 bits per heavy atom. The van der Waals surface area contributed by atoms with Crippen LogP contribution in [0.1, 0.15) is 25.7 Å². The lowest BCUT2D eigenvalue weighted by Gasteiger charge is -2.08. The van der Waals surface area contributed by atoms with Crippen LogP contribution in [0, 0.1) is 6.92 Å². The van der Waals surface area contributed by atoms with E-state index in [0.29, 0.717) is 5.69 Å². The highest BCUT2D eigenvalue weighted by Gasteiger charge is 2.17. The second-order valence-corrected chi connectivity index (χ2v) is 7.13. The molecule has 3 N–H and O–H groups in total. The minimum Gasteiger partial charge on any atom is -0.399 e. The molecule has 0 unspecified atom stereocenters. The normalized spacial score (nSPS) is 13.8. The maximum atomic E-state index is 12.3. The van der Waals surface area contributed by atoms with E-state index < -0.39 is 0 Å². The molecule has 0 spiro atoms. The molecule has 0 aliphatic carbocycles. The van der Waals surface area contributed by atoms with E-state index in [-0.39, 0.29) is 5.91 Å². The fraction of sp³-hybridized carbons (Fsp3) is 0.267. The number of hydrogen-bond donors (Lipinski definition) is 2. The molecule has 1 amide bonds. The third-order valence-corrected chi connectivity index (χ3v) is 5.59. The van der Waals surface area contributed by atoms with Gasteiger partial charge in [-0.2, -0.15) is 11.8 Å². The van der Waals surface area contributed by atoms with Crippen LogP contribution in [0.5, 0.6) is 0 Å². The van der Waals surface area contributed by atoms with E-state index in [2.05, 4.69) is 5.32 Å². The van der Waals surface area contributed by atoms with Crippen molar-refractivity contribution in [1.82, 2.24) is 0 Å². The van der Waals surface area contributed by atoms with Crippen molar-refractivity contribution in [3.05, 3.63) is 45.1 Å². The van der Waals surface area contributed by atoms with Gasteiger partial charge in [0.2, 0.25) is 0 Å². The van der Waals surface area contributed by atoms with Crippen molar-refractivity contribution < 1.29 is 4.79 Å². The molecule has 1 aliphatic rings. The molecule has 0 bridgehead atoms. The number of amides is 1. The first-order valence-electron chi connectivity index (χ1n) is 6.50. The number of carbonyl (C=O) groups is 1. The average Bonchev–Trinajstić information content (AvgIpc) is 2.86. The van der Waals surface area contributed by atoms with E-state index in [9.17, 15) is 4.79 Å². The minimum atomic E-state index is -0.0257. The molecule has 2 aromatic rings. The van der Waals surface area contributed by atoms with Gasteiger partial charge >= 0.3 is 0 Å². The number of thiophene rings is 1. The highest BCUT2D eigenvalue weighted by molar-refractivity contribution is 7.98. The number of nitrogens with one attached hydrogen (secondary N) is 1. The lowest BCUT2D eigenvalue weighted by atomic mass is 10.1. The van der Waals surface area contributed by atoms with Crippen LogP contribution in [-0.4, -0.2) is 11.7 Å². The number of fused-ring (bicyclic) bond motifs is 1. The lowest BCUT2D eigenvalue weighted by Crippen LogP contribution is -2.11. The Morgan fingerprint density at radius 1 is 1.35 bits per heavy atom. The van der Waals surface area contributed by atoms with Crippen molar-refractivity contribution in [1.29, 1.82) is 0 Å². The number of rotatable bonds is 2. The third-order valence-electron chi connectivity index (χ3n) is 3.35. The van der Waals surface area contributed by atoms with Gasteiger partial charge in [-0.25, -0.2) is 0 Å². The Kier molecular flexibility index (Phi) is 3.72. The molecule has 2 heterocycles. The van der Waals surface area contributed by atoms with Gasteiger partial charge in [-0.15, -0.1) is 11.3 Å². The van der Waals surface area contributed by atoms with Crippen molar-refractivity contribution >= 4 is 40.4 Å². The minimum absolute atomic E-state index is 0.0257. The number of aryl methyl sites for hydroxylation is 2. The summed E-state index contributed by atoms with van der Waals surface area (Å²) in [5, 5.41) is 2.97. The first-order valence-corrected chi connectivity index (χ1v) is 8.47. The number of nitrogens with two attached hydrogens (primary N) is 1. The number of hydrogen-bond acceptors (Lipinski definition) is 4. The molecular formula is C15H16N2OS2. The Labute approximate surface area is 126 Å². The van der Waals surface area contributed by atoms with Gasteiger partial charge in [0.15, 0.2) is 0 Å². The number of carbonyl (C=O) groups excluding carboxylic acids is 1. The molecule has 0 saturated heterocycles. The van der Waals surface area contributed by atoms with E-state index in [1.807, 2.05) is 36.9 Å². The van der Waals surface area contributed by atoms with E-state index in [1.165, 1.54) is 10.4 Å². The second-order valence-electron chi connectivity index (χ2n) is 4.89. The molecule has 0 fully saturated rings. The molecule has 1 aromatic heterocycles. The Hall–Kier alpha value is -1.46. The molecule has 0 saturated carbocycles. The molecular weight excluding hydrogens is 288 g/mol. The largest absolute Gasteiger partial charge is 0.399 e. The summed E-state index contributed by atoms with van der Waals surface area (Å²) < 4.78 is 0. The van der Waals surface area contributed by atoms with Gasteiger partial charge in [0.05, 0.1) is 4.88 Å². The molecule has 1 aliphatic heterocycles. The van der Waals surface area contributed by atoms with Crippen LogP contribution < -0.4 is 11.1 Å². The average molecular weight is 304 g/mol. The topological polar surface area (TPSA) is 55.1 Å². The van der Waals surface area contributed by atoms with Gasteiger partial charge < -0.3 is 11.1 Å². The van der Waals surface area contributed by atoms with Gasteiger partial charge in [0.25, 0.3) is 5.91 Å². The predicted molar refractivity (Wildman–Crippen MR) is 87.7 cm³/mol. The van der Waals surface area contributed by atoms with Crippen molar-refractivity contribution in [3.8, 4) is 0 Å². The standard InChI is InChI=1S/C15H16N2OS2/c1-9-6-11(16)2-3-12(9)17-15(18)14-7-10-8-19-5-4-13(10)20-14/h2-3,6-7H,4-5,8,16H2,1H3,(H,17,18). The monoisotopic (exact) mass is 304 g/mol. The summed E-state index contributed by atoms with van der Waals surface area (Å²) in [5.74, 6) is 2.16. The van der Waals surface area contributed by atoms with Gasteiger partial charge in [-0.3, -0.25) is 4.79 Å². The van der Waals surface area contributed by atoms with Gasteiger partial charge in [0, 0.05) is 22.0 Å². The van der Waals surface area contributed by atoms with Crippen molar-refractivity contribution in [2.24, 2.45) is 0 Å². The zero-order valence-corrected chi connectivity index (χ0v) is 12.9. The van der Waals surface area contributed by atoms with E-state index in [1.54, 1.807) is 17.4 Å². The lowest BCUT2D eigenvalue weighted by molar-refractivity contribution is 0.103. The summed E-state index contributed by atoms with van der Waals surface area (Å²) in [7, 11) is 0. The first kappa shape index (κ1) is 13.5. The Morgan fingerprint density at radius 3 is 2.95 bits per heavy atom. The Bertz CT molecular complexity index is 640. The van der Waals surface area contributed by atoms with Crippen LogP contribution in [0.2, 0.25) is 0 Å². The van der Waals surface area contributed by atoms with Crippen LogP contribution >= 0.6 is 23.1 Å². The summed E-state index contributed by atoms with van der Waals surface area (Å²) in [6.45, 7) is 1.95.